The standard InChI is InChI=1S/C20H18Cl3NO2S/c1-25-19-8-13(10-24-11-14-4-3-7-27-14)18(23)9-20(19)26-12-15-16(21)5-2-6-17(15)22/h2-9,24H,10-12H2,1H3. The molecular formula is C20H18Cl3NO2S. The molecule has 1 N–H and O–H groups in total. The molecular weight excluding hydrogens is 425 g/mol. The molecule has 142 valence electrons. The van der Waals surface area contributed by atoms with Gasteiger partial charge in [0, 0.05) is 44.7 Å². The molecule has 0 aliphatic heterocycles. The molecule has 0 saturated heterocycles. The Balaban J connectivity index is 1.69. The van der Waals surface area contributed by atoms with Crippen LogP contribution >= 0.6 is 46.1 Å². The maximum Gasteiger partial charge on any atom is 0.163 e. The van der Waals surface area contributed by atoms with Gasteiger partial charge in [-0.25, -0.2) is 0 Å². The number of nitrogens with one attached hydrogen (secondary N) is 1. The van der Waals surface area contributed by atoms with E-state index in [2.05, 4.69) is 16.8 Å². The lowest BCUT2D eigenvalue weighted by Gasteiger charge is -2.15. The van der Waals surface area contributed by atoms with Gasteiger partial charge in [0.2, 0.25) is 0 Å². The Morgan fingerprint density at radius 2 is 1.70 bits per heavy atom. The van der Waals surface area contributed by atoms with Gasteiger partial charge in [0.05, 0.1) is 7.11 Å². The number of benzene rings is 2. The van der Waals surface area contributed by atoms with Crippen molar-refractivity contribution in [1.82, 2.24) is 5.32 Å². The first-order chi connectivity index (χ1) is 13.1. The maximum absolute atomic E-state index is 6.44. The Kier molecular flexibility index (Phi) is 7.27. The topological polar surface area (TPSA) is 30.5 Å². The fraction of sp³-hybridized carbons (Fsp3) is 0.200. The number of ether oxygens (including phenoxy) is 2. The summed E-state index contributed by atoms with van der Waals surface area (Å²) < 4.78 is 11.3. The fourth-order valence-electron chi connectivity index (χ4n) is 2.54. The summed E-state index contributed by atoms with van der Waals surface area (Å²) in [5, 5.41) is 7.16. The molecule has 3 aromatic rings. The van der Waals surface area contributed by atoms with Crippen molar-refractivity contribution in [3.05, 3.63) is 78.9 Å². The van der Waals surface area contributed by atoms with Gasteiger partial charge in [-0.2, -0.15) is 0 Å². The van der Waals surface area contributed by atoms with Gasteiger partial charge in [-0.15, -0.1) is 11.3 Å². The van der Waals surface area contributed by atoms with Crippen molar-refractivity contribution in [1.29, 1.82) is 0 Å². The molecule has 2 aromatic carbocycles. The smallest absolute Gasteiger partial charge is 0.163 e. The van der Waals surface area contributed by atoms with Crippen molar-refractivity contribution in [2.75, 3.05) is 7.11 Å². The first-order valence-corrected chi connectivity index (χ1v) is 10.2. The maximum atomic E-state index is 6.44. The highest BCUT2D eigenvalue weighted by molar-refractivity contribution is 7.09. The van der Waals surface area contributed by atoms with Crippen molar-refractivity contribution in [2.24, 2.45) is 0 Å². The van der Waals surface area contributed by atoms with E-state index in [1.165, 1.54) is 4.88 Å². The summed E-state index contributed by atoms with van der Waals surface area (Å²) in [7, 11) is 1.60. The lowest BCUT2D eigenvalue weighted by atomic mass is 10.2. The zero-order valence-electron chi connectivity index (χ0n) is 14.6. The van der Waals surface area contributed by atoms with Gasteiger partial charge in [-0.05, 0) is 35.2 Å². The minimum Gasteiger partial charge on any atom is -0.493 e. The predicted octanol–water partition coefficient (Wildman–Crippen LogP) is 6.59. The normalized spacial score (nSPS) is 10.8. The summed E-state index contributed by atoms with van der Waals surface area (Å²) in [5.41, 5.74) is 1.66. The summed E-state index contributed by atoms with van der Waals surface area (Å²) in [4.78, 5) is 1.27. The molecule has 0 saturated carbocycles. The van der Waals surface area contributed by atoms with Crippen LogP contribution in [0.4, 0.5) is 0 Å². The molecule has 0 bridgehead atoms. The lowest BCUT2D eigenvalue weighted by Crippen LogP contribution is -2.12. The van der Waals surface area contributed by atoms with Gasteiger partial charge in [0.25, 0.3) is 0 Å². The first kappa shape index (κ1) is 20.3. The SMILES string of the molecule is COc1cc(CNCc2cccs2)c(Cl)cc1OCc1c(Cl)cccc1Cl. The molecule has 0 atom stereocenters. The Labute approximate surface area is 177 Å². The van der Waals surface area contributed by atoms with Crippen LogP contribution < -0.4 is 14.8 Å². The van der Waals surface area contributed by atoms with Crippen LogP contribution in [0.3, 0.4) is 0 Å². The van der Waals surface area contributed by atoms with Crippen LogP contribution in [-0.2, 0) is 19.7 Å². The molecule has 0 unspecified atom stereocenters. The van der Waals surface area contributed by atoms with Crippen molar-refractivity contribution in [3.63, 3.8) is 0 Å². The van der Waals surface area contributed by atoms with Crippen LogP contribution in [0.25, 0.3) is 0 Å². The number of thiophene rings is 1. The molecule has 0 aliphatic rings. The Hall–Kier alpha value is -1.43. The van der Waals surface area contributed by atoms with Crippen LogP contribution in [-0.4, -0.2) is 7.11 Å². The summed E-state index contributed by atoms with van der Waals surface area (Å²) in [5.74, 6) is 1.15. The van der Waals surface area contributed by atoms with E-state index in [4.69, 9.17) is 44.3 Å². The molecule has 3 rings (SSSR count). The van der Waals surface area contributed by atoms with E-state index in [-0.39, 0.29) is 6.61 Å². The van der Waals surface area contributed by atoms with Crippen molar-refractivity contribution in [2.45, 2.75) is 19.7 Å². The molecule has 0 spiro atoms. The number of hydrogen-bond donors (Lipinski definition) is 1. The monoisotopic (exact) mass is 441 g/mol. The van der Waals surface area contributed by atoms with Crippen LogP contribution in [0.1, 0.15) is 16.0 Å². The van der Waals surface area contributed by atoms with Crippen LogP contribution in [0.5, 0.6) is 11.5 Å². The minimum absolute atomic E-state index is 0.223. The third-order valence-corrected chi connectivity index (χ3v) is 5.90. The fourth-order valence-corrected chi connectivity index (χ4v) is 3.94. The zero-order chi connectivity index (χ0) is 19.2. The Morgan fingerprint density at radius 3 is 2.37 bits per heavy atom. The highest BCUT2D eigenvalue weighted by Crippen LogP contribution is 2.35. The van der Waals surface area contributed by atoms with Crippen LogP contribution in [0.15, 0.2) is 47.8 Å². The second-order valence-electron chi connectivity index (χ2n) is 5.77. The summed E-state index contributed by atoms with van der Waals surface area (Å²) in [6.45, 7) is 1.64. The van der Waals surface area contributed by atoms with Crippen molar-refractivity contribution in [3.8, 4) is 11.5 Å². The van der Waals surface area contributed by atoms with E-state index in [9.17, 15) is 0 Å². The molecule has 0 amide bonds. The van der Waals surface area contributed by atoms with Gasteiger partial charge >= 0.3 is 0 Å². The van der Waals surface area contributed by atoms with Crippen molar-refractivity contribution < 1.29 is 9.47 Å². The second-order valence-corrected chi connectivity index (χ2v) is 8.02. The van der Waals surface area contributed by atoms with Gasteiger partial charge in [-0.3, -0.25) is 0 Å². The molecule has 1 aromatic heterocycles. The lowest BCUT2D eigenvalue weighted by molar-refractivity contribution is 0.284. The summed E-state index contributed by atoms with van der Waals surface area (Å²) in [6.07, 6.45) is 0. The molecule has 27 heavy (non-hydrogen) atoms. The van der Waals surface area contributed by atoms with E-state index >= 15 is 0 Å². The van der Waals surface area contributed by atoms with Gasteiger partial charge in [0.1, 0.15) is 6.61 Å². The minimum atomic E-state index is 0.223. The molecule has 3 nitrogen and oxygen atoms in total. The Morgan fingerprint density at radius 1 is 0.926 bits per heavy atom. The molecule has 1 heterocycles. The van der Waals surface area contributed by atoms with Crippen molar-refractivity contribution >= 4 is 46.1 Å². The number of halogens is 3. The van der Waals surface area contributed by atoms with E-state index < -0.39 is 0 Å². The van der Waals surface area contributed by atoms with Gasteiger partial charge < -0.3 is 14.8 Å². The van der Waals surface area contributed by atoms with Gasteiger partial charge in [-0.1, -0.05) is 46.9 Å². The van der Waals surface area contributed by atoms with Crippen LogP contribution in [0.2, 0.25) is 15.1 Å². The average molecular weight is 443 g/mol. The van der Waals surface area contributed by atoms with Gasteiger partial charge in [0.15, 0.2) is 11.5 Å². The van der Waals surface area contributed by atoms with E-state index in [1.807, 2.05) is 12.1 Å². The molecule has 0 aliphatic carbocycles. The zero-order valence-corrected chi connectivity index (χ0v) is 17.7. The molecule has 0 radical (unpaired) electrons. The number of hydrogen-bond acceptors (Lipinski definition) is 4. The van der Waals surface area contributed by atoms with Crippen LogP contribution in [0, 0.1) is 0 Å². The van der Waals surface area contributed by atoms with E-state index in [1.54, 1.807) is 42.7 Å². The first-order valence-electron chi connectivity index (χ1n) is 8.23. The Bertz CT molecular complexity index is 880. The summed E-state index contributed by atoms with van der Waals surface area (Å²) in [6, 6.07) is 13.1. The average Bonchev–Trinajstić information content (AvgIpc) is 3.16. The summed E-state index contributed by atoms with van der Waals surface area (Å²) >= 11 is 20.5. The predicted molar refractivity (Wildman–Crippen MR) is 114 cm³/mol. The quantitative estimate of drug-likeness (QED) is 0.427. The second kappa shape index (κ2) is 9.67. The molecule has 0 fully saturated rings. The molecule has 7 heteroatoms. The number of methoxy groups -OCH3 is 1. The largest absolute Gasteiger partial charge is 0.493 e. The highest BCUT2D eigenvalue weighted by Gasteiger charge is 2.13. The third kappa shape index (κ3) is 5.31. The van der Waals surface area contributed by atoms with E-state index in [0.29, 0.717) is 33.1 Å². The van der Waals surface area contributed by atoms with E-state index in [0.717, 1.165) is 17.7 Å². The highest BCUT2D eigenvalue weighted by atomic mass is 35.5. The number of rotatable bonds is 8. The third-order valence-electron chi connectivity index (χ3n) is 3.96.